The van der Waals surface area contributed by atoms with E-state index < -0.39 is 17.2 Å². The van der Waals surface area contributed by atoms with E-state index in [2.05, 4.69) is 4.98 Å². The summed E-state index contributed by atoms with van der Waals surface area (Å²) in [7, 11) is 1.38. The predicted molar refractivity (Wildman–Crippen MR) is 70.4 cm³/mol. The van der Waals surface area contributed by atoms with Gasteiger partial charge < -0.3 is 9.84 Å². The monoisotopic (exact) mass is 279 g/mol. The molecule has 20 heavy (non-hydrogen) atoms. The van der Waals surface area contributed by atoms with Crippen LogP contribution in [0.1, 0.15) is 18.2 Å². The van der Waals surface area contributed by atoms with Gasteiger partial charge in [-0.2, -0.15) is 0 Å². The summed E-state index contributed by atoms with van der Waals surface area (Å²) < 4.78 is 31.8. The average molecular weight is 279 g/mol. The van der Waals surface area contributed by atoms with Gasteiger partial charge in [-0.1, -0.05) is 12.1 Å². The molecule has 0 aliphatic heterocycles. The maximum absolute atomic E-state index is 14.1. The highest BCUT2D eigenvalue weighted by Gasteiger charge is 2.27. The quantitative estimate of drug-likeness (QED) is 0.935. The van der Waals surface area contributed by atoms with Crippen LogP contribution >= 0.6 is 0 Å². The summed E-state index contributed by atoms with van der Waals surface area (Å²) in [6.45, 7) is 1.51. The first-order chi connectivity index (χ1) is 9.44. The topological polar surface area (TPSA) is 42.4 Å². The molecule has 1 atom stereocenters. The average Bonchev–Trinajstić information content (AvgIpc) is 2.41. The first kappa shape index (κ1) is 14.4. The summed E-state index contributed by atoms with van der Waals surface area (Å²) in [6, 6.07) is 7.30. The number of aromatic nitrogens is 1. The van der Waals surface area contributed by atoms with Gasteiger partial charge in [-0.3, -0.25) is 4.98 Å². The lowest BCUT2D eigenvalue weighted by Crippen LogP contribution is -2.26. The van der Waals surface area contributed by atoms with Gasteiger partial charge in [0.05, 0.1) is 19.0 Å². The molecule has 0 saturated carbocycles. The van der Waals surface area contributed by atoms with Gasteiger partial charge in [-0.05, 0) is 30.7 Å². The van der Waals surface area contributed by atoms with E-state index in [0.29, 0.717) is 5.56 Å². The van der Waals surface area contributed by atoms with Gasteiger partial charge in [0.15, 0.2) is 11.6 Å². The van der Waals surface area contributed by atoms with Crippen LogP contribution in [-0.4, -0.2) is 17.2 Å². The van der Waals surface area contributed by atoms with Crippen molar-refractivity contribution in [3.05, 3.63) is 59.4 Å². The maximum Gasteiger partial charge on any atom is 0.168 e. The van der Waals surface area contributed by atoms with E-state index in [1.165, 1.54) is 32.2 Å². The molecule has 1 heterocycles. The van der Waals surface area contributed by atoms with Gasteiger partial charge in [-0.15, -0.1) is 0 Å². The summed E-state index contributed by atoms with van der Waals surface area (Å²) >= 11 is 0. The first-order valence-electron chi connectivity index (χ1n) is 6.10. The fraction of sp³-hybridized carbons (Fsp3) is 0.267. The third-order valence-electron chi connectivity index (χ3n) is 3.08. The second kappa shape index (κ2) is 5.54. The molecule has 0 radical (unpaired) electrons. The van der Waals surface area contributed by atoms with E-state index in [4.69, 9.17) is 4.74 Å². The molecule has 0 aliphatic carbocycles. The van der Waals surface area contributed by atoms with E-state index in [-0.39, 0.29) is 17.9 Å². The second-order valence-electron chi connectivity index (χ2n) is 4.75. The highest BCUT2D eigenvalue weighted by atomic mass is 19.1. The fourth-order valence-electron chi connectivity index (χ4n) is 2.01. The molecule has 0 bridgehead atoms. The zero-order valence-electron chi connectivity index (χ0n) is 11.2. The third kappa shape index (κ3) is 2.93. The van der Waals surface area contributed by atoms with E-state index in [1.54, 1.807) is 12.1 Å². The van der Waals surface area contributed by atoms with E-state index >= 15 is 0 Å². The highest BCUT2D eigenvalue weighted by molar-refractivity contribution is 5.32. The standard InChI is InChI=1S/C15H15F2NO2/c1-15(19,13-7-6-11(16)9-18-13)8-10-4-3-5-12(20-2)14(10)17/h3-7,9,19H,8H2,1-2H3. The molecule has 3 nitrogen and oxygen atoms in total. The summed E-state index contributed by atoms with van der Waals surface area (Å²) in [5, 5.41) is 10.4. The maximum atomic E-state index is 14.1. The second-order valence-corrected chi connectivity index (χ2v) is 4.75. The molecule has 1 aromatic carbocycles. The Labute approximate surface area is 115 Å². The molecule has 2 rings (SSSR count). The lowest BCUT2D eigenvalue weighted by Gasteiger charge is -2.23. The Morgan fingerprint density at radius 1 is 1.25 bits per heavy atom. The number of halogens is 2. The van der Waals surface area contributed by atoms with Gasteiger partial charge in [0, 0.05) is 6.42 Å². The van der Waals surface area contributed by atoms with E-state index in [0.717, 1.165) is 6.20 Å². The minimum atomic E-state index is -1.40. The number of methoxy groups -OCH3 is 1. The summed E-state index contributed by atoms with van der Waals surface area (Å²) in [6.07, 6.45) is 1.03. The summed E-state index contributed by atoms with van der Waals surface area (Å²) in [5.74, 6) is -0.889. The van der Waals surface area contributed by atoms with Crippen molar-refractivity contribution in [2.45, 2.75) is 18.9 Å². The molecule has 0 amide bonds. The predicted octanol–water partition coefficient (Wildman–Crippen LogP) is 2.82. The Hall–Kier alpha value is -2.01. The summed E-state index contributed by atoms with van der Waals surface area (Å²) in [5.41, 5.74) is -0.817. The van der Waals surface area contributed by atoms with Crippen LogP contribution in [0.4, 0.5) is 8.78 Å². The molecule has 0 spiro atoms. The highest BCUT2D eigenvalue weighted by Crippen LogP contribution is 2.28. The van der Waals surface area contributed by atoms with Crippen molar-refractivity contribution in [3.63, 3.8) is 0 Å². The van der Waals surface area contributed by atoms with Crippen LogP contribution in [0.15, 0.2) is 36.5 Å². The van der Waals surface area contributed by atoms with Gasteiger partial charge in [0.25, 0.3) is 0 Å². The number of rotatable bonds is 4. The number of nitrogens with zero attached hydrogens (tertiary/aromatic N) is 1. The minimum absolute atomic E-state index is 0.00860. The van der Waals surface area contributed by atoms with Crippen LogP contribution in [0.2, 0.25) is 0 Å². The third-order valence-corrected chi connectivity index (χ3v) is 3.08. The van der Waals surface area contributed by atoms with Gasteiger partial charge >= 0.3 is 0 Å². The Morgan fingerprint density at radius 3 is 2.60 bits per heavy atom. The molecule has 1 N–H and O–H groups in total. The van der Waals surface area contributed by atoms with Gasteiger partial charge in [0.2, 0.25) is 0 Å². The number of benzene rings is 1. The lowest BCUT2D eigenvalue weighted by molar-refractivity contribution is 0.0519. The number of aliphatic hydroxyl groups is 1. The molecule has 0 aliphatic rings. The van der Waals surface area contributed by atoms with Crippen molar-refractivity contribution in [3.8, 4) is 5.75 Å². The minimum Gasteiger partial charge on any atom is -0.494 e. The molecule has 5 heteroatoms. The van der Waals surface area contributed by atoms with Gasteiger partial charge in [-0.25, -0.2) is 8.78 Å². The normalized spacial score (nSPS) is 13.8. The van der Waals surface area contributed by atoms with Crippen LogP contribution < -0.4 is 4.74 Å². The molecule has 106 valence electrons. The lowest BCUT2D eigenvalue weighted by atomic mass is 9.92. The molecule has 1 aromatic heterocycles. The SMILES string of the molecule is COc1cccc(CC(C)(O)c2ccc(F)cn2)c1F. The molecular weight excluding hydrogens is 264 g/mol. The van der Waals surface area contributed by atoms with Crippen molar-refractivity contribution in [1.29, 1.82) is 0 Å². The fourth-order valence-corrected chi connectivity index (χ4v) is 2.01. The zero-order chi connectivity index (χ0) is 14.8. The largest absolute Gasteiger partial charge is 0.494 e. The van der Waals surface area contributed by atoms with Crippen molar-refractivity contribution in [2.24, 2.45) is 0 Å². The van der Waals surface area contributed by atoms with E-state index in [1.807, 2.05) is 0 Å². The van der Waals surface area contributed by atoms with E-state index in [9.17, 15) is 13.9 Å². The zero-order valence-corrected chi connectivity index (χ0v) is 11.2. The van der Waals surface area contributed by atoms with Gasteiger partial charge in [0.1, 0.15) is 11.4 Å². The van der Waals surface area contributed by atoms with Crippen molar-refractivity contribution in [2.75, 3.05) is 7.11 Å². The van der Waals surface area contributed by atoms with Crippen LogP contribution in [-0.2, 0) is 12.0 Å². The van der Waals surface area contributed by atoms with Crippen LogP contribution in [0.5, 0.6) is 5.75 Å². The number of pyridine rings is 1. The molecule has 1 unspecified atom stereocenters. The van der Waals surface area contributed by atoms with Crippen molar-refractivity contribution in [1.82, 2.24) is 4.98 Å². The number of hydrogen-bond acceptors (Lipinski definition) is 3. The molecular formula is C15H15F2NO2. The smallest absolute Gasteiger partial charge is 0.168 e. The Balaban J connectivity index is 2.30. The van der Waals surface area contributed by atoms with Crippen molar-refractivity contribution >= 4 is 0 Å². The van der Waals surface area contributed by atoms with Crippen LogP contribution in [0.25, 0.3) is 0 Å². The molecule has 0 fully saturated rings. The Morgan fingerprint density at radius 2 is 2.00 bits per heavy atom. The molecule has 2 aromatic rings. The summed E-state index contributed by atoms with van der Waals surface area (Å²) in [4.78, 5) is 3.84. The van der Waals surface area contributed by atoms with Crippen LogP contribution in [0.3, 0.4) is 0 Å². The first-order valence-corrected chi connectivity index (χ1v) is 6.10. The number of hydrogen-bond donors (Lipinski definition) is 1. The van der Waals surface area contributed by atoms with Crippen LogP contribution in [0, 0.1) is 11.6 Å². The van der Waals surface area contributed by atoms with Crippen molar-refractivity contribution < 1.29 is 18.6 Å². The Kier molecular flexibility index (Phi) is 3.99. The molecule has 0 saturated heterocycles. The number of ether oxygens (including phenoxy) is 1. The Bertz CT molecular complexity index is 597.